The van der Waals surface area contributed by atoms with Crippen LogP contribution >= 0.6 is 0 Å². The van der Waals surface area contributed by atoms with E-state index in [0.29, 0.717) is 110 Å². The first kappa shape index (κ1) is 52.8. The first-order valence-electron chi connectivity index (χ1n) is 20.9. The number of methoxy groups -OCH3 is 4. The highest BCUT2D eigenvalue weighted by molar-refractivity contribution is 6.06. The van der Waals surface area contributed by atoms with E-state index in [0.717, 1.165) is 22.2 Å². The molecule has 0 aliphatic carbocycles. The van der Waals surface area contributed by atoms with Crippen molar-refractivity contribution < 1.29 is 57.0 Å². The van der Waals surface area contributed by atoms with Gasteiger partial charge in [-0.15, -0.1) is 12.8 Å². The average molecular weight is 931 g/mol. The van der Waals surface area contributed by atoms with Crippen molar-refractivity contribution in [1.82, 2.24) is 19.9 Å². The number of carbonyl (C=O) groups is 3. The fraction of sp³-hybridized carbons (Fsp3) is 0.300. The molecule has 0 aliphatic heterocycles. The molecule has 0 unspecified atom stereocenters. The van der Waals surface area contributed by atoms with Gasteiger partial charge in [-0.1, -0.05) is 24.0 Å². The number of hydrogen-bond acceptors (Lipinski definition) is 17. The average Bonchev–Trinajstić information content (AvgIpc) is 3.32. The van der Waals surface area contributed by atoms with Gasteiger partial charge in [-0.25, -0.2) is 19.9 Å². The predicted octanol–water partition coefficient (Wildman–Crippen LogP) is 6.85. The summed E-state index contributed by atoms with van der Waals surface area (Å²) < 4.78 is 47.6. The van der Waals surface area contributed by atoms with Gasteiger partial charge in [0.25, 0.3) is 0 Å². The van der Waals surface area contributed by atoms with E-state index in [1.54, 1.807) is 64.8 Å². The number of nitrogens with zero attached hydrogens (tertiary/aromatic N) is 5. The molecule has 356 valence electrons. The molecule has 68 heavy (non-hydrogen) atoms. The van der Waals surface area contributed by atoms with E-state index in [4.69, 9.17) is 50.7 Å². The molecular formula is C50H54N6O12. The molecule has 18 nitrogen and oxygen atoms in total. The van der Waals surface area contributed by atoms with Gasteiger partial charge in [0.1, 0.15) is 44.9 Å². The highest BCUT2D eigenvalue weighted by Crippen LogP contribution is 2.38. The zero-order valence-corrected chi connectivity index (χ0v) is 39.0. The minimum absolute atomic E-state index is 0.221. The van der Waals surface area contributed by atoms with Crippen LogP contribution in [0.25, 0.3) is 21.8 Å². The van der Waals surface area contributed by atoms with Crippen molar-refractivity contribution in [2.75, 3.05) is 91.5 Å². The number of rotatable bonds is 20. The van der Waals surface area contributed by atoms with E-state index in [-0.39, 0.29) is 5.91 Å². The molecule has 4 aromatic carbocycles. The Labute approximate surface area is 395 Å². The highest BCUT2D eigenvalue weighted by Gasteiger charge is 2.21. The summed E-state index contributed by atoms with van der Waals surface area (Å²) in [6, 6.07) is 21.9. The standard InChI is InChI=1S/C24H25N3O5.C22H23N3O4.C4H6O3/c1-5-18-7-6-8-19(13-18)27(17(2)28)24-20-14-22(31-11-9-29-3)23(32-12-10-30-4)15-21(20)25-16-26-24;1-4-16-6-5-7-17(12-16)25-22-18-13-20(28-10-8-26-2)21(29-11-9-27-3)14-19(18)23-15-24-22;1-3(5)7-4(2)6/h1,6-8,13-16H,9-12H2,2-4H3;1,5-7,12-15H,8-11H2,2-3H3,(H,23,24,25);1-2H3. The van der Waals surface area contributed by atoms with Gasteiger partial charge in [-0.2, -0.15) is 0 Å². The van der Waals surface area contributed by atoms with E-state index in [1.165, 1.54) is 38.3 Å². The summed E-state index contributed by atoms with van der Waals surface area (Å²) in [5.74, 6) is 7.10. The summed E-state index contributed by atoms with van der Waals surface area (Å²) in [4.78, 5) is 51.3. The van der Waals surface area contributed by atoms with Crippen LogP contribution in [0.2, 0.25) is 0 Å². The van der Waals surface area contributed by atoms with Crippen LogP contribution in [0.1, 0.15) is 31.9 Å². The molecule has 0 saturated heterocycles. The van der Waals surface area contributed by atoms with E-state index >= 15 is 0 Å². The van der Waals surface area contributed by atoms with Gasteiger partial charge in [0, 0.05) is 88.9 Å². The number of hydrogen-bond donors (Lipinski definition) is 1. The van der Waals surface area contributed by atoms with Gasteiger partial charge in [0.05, 0.1) is 43.1 Å². The Morgan fingerprint density at radius 1 is 0.559 bits per heavy atom. The molecule has 0 bridgehead atoms. The SMILES string of the molecule is C#Cc1cccc(N(C(C)=O)c2ncnc3cc(OCCOC)c(OCCOC)cc23)c1.C#Cc1cccc(Nc2ncnc3cc(OCCOC)c(OCCOC)cc23)c1.CC(=O)OC(C)=O. The lowest BCUT2D eigenvalue weighted by atomic mass is 10.1. The van der Waals surface area contributed by atoms with Crippen molar-refractivity contribution >= 4 is 62.7 Å². The summed E-state index contributed by atoms with van der Waals surface area (Å²) in [6.45, 7) is 7.06. The van der Waals surface area contributed by atoms with Gasteiger partial charge >= 0.3 is 11.9 Å². The van der Waals surface area contributed by atoms with E-state index in [1.807, 2.05) is 36.4 Å². The Kier molecular flexibility index (Phi) is 21.9. The highest BCUT2D eigenvalue weighted by atomic mass is 16.6. The summed E-state index contributed by atoms with van der Waals surface area (Å²) >= 11 is 0. The molecule has 6 aromatic rings. The predicted molar refractivity (Wildman–Crippen MR) is 256 cm³/mol. The summed E-state index contributed by atoms with van der Waals surface area (Å²) in [6.07, 6.45) is 13.9. The van der Waals surface area contributed by atoms with Crippen molar-refractivity contribution in [3.8, 4) is 47.7 Å². The summed E-state index contributed by atoms with van der Waals surface area (Å²) in [7, 11) is 6.45. The molecule has 0 spiro atoms. The minimum atomic E-state index is -0.562. The van der Waals surface area contributed by atoms with Crippen LogP contribution < -0.4 is 29.2 Å². The number of anilines is 4. The van der Waals surface area contributed by atoms with Crippen molar-refractivity contribution in [2.45, 2.75) is 20.8 Å². The third-order valence-electron chi connectivity index (χ3n) is 8.94. The maximum absolute atomic E-state index is 12.7. The number of ether oxygens (including phenoxy) is 9. The van der Waals surface area contributed by atoms with Crippen LogP contribution in [0.5, 0.6) is 23.0 Å². The number of aromatic nitrogens is 4. The third kappa shape index (κ3) is 16.2. The fourth-order valence-corrected chi connectivity index (χ4v) is 6.00. The maximum atomic E-state index is 12.7. The van der Waals surface area contributed by atoms with Gasteiger partial charge in [0.2, 0.25) is 5.91 Å². The van der Waals surface area contributed by atoms with Crippen molar-refractivity contribution in [3.63, 3.8) is 0 Å². The zero-order valence-electron chi connectivity index (χ0n) is 39.0. The molecule has 0 radical (unpaired) electrons. The number of amides is 1. The molecule has 0 fully saturated rings. The normalized spacial score (nSPS) is 10.2. The second kappa shape index (κ2) is 28.2. The van der Waals surface area contributed by atoms with Gasteiger partial charge in [-0.05, 0) is 48.5 Å². The van der Waals surface area contributed by atoms with Crippen LogP contribution in [-0.4, -0.2) is 119 Å². The second-order valence-electron chi connectivity index (χ2n) is 13.9. The Morgan fingerprint density at radius 2 is 1.01 bits per heavy atom. The molecule has 18 heteroatoms. The molecular weight excluding hydrogens is 877 g/mol. The molecule has 2 aromatic heterocycles. The third-order valence-corrected chi connectivity index (χ3v) is 8.94. The molecule has 0 saturated carbocycles. The first-order valence-corrected chi connectivity index (χ1v) is 20.9. The number of carbonyl (C=O) groups excluding carboxylic acids is 3. The van der Waals surface area contributed by atoms with Crippen LogP contribution in [0, 0.1) is 24.7 Å². The Hall–Kier alpha value is -7.87. The van der Waals surface area contributed by atoms with Gasteiger partial charge in [0.15, 0.2) is 28.8 Å². The van der Waals surface area contributed by atoms with E-state index in [9.17, 15) is 14.4 Å². The zero-order chi connectivity index (χ0) is 49.3. The van der Waals surface area contributed by atoms with Crippen molar-refractivity contribution in [1.29, 1.82) is 0 Å². The number of benzene rings is 4. The number of terminal acetylenes is 2. The van der Waals surface area contributed by atoms with Crippen molar-refractivity contribution in [3.05, 3.63) is 96.6 Å². The Bertz CT molecular complexity index is 2690. The molecule has 0 aliphatic rings. The molecule has 0 atom stereocenters. The maximum Gasteiger partial charge on any atom is 0.310 e. The van der Waals surface area contributed by atoms with Crippen LogP contribution in [0.3, 0.4) is 0 Å². The number of fused-ring (bicyclic) bond motifs is 2. The first-order chi connectivity index (χ1) is 33.0. The van der Waals surface area contributed by atoms with Crippen LogP contribution in [-0.2, 0) is 38.1 Å². The van der Waals surface area contributed by atoms with Crippen LogP contribution in [0.4, 0.5) is 23.0 Å². The molecule has 6 rings (SSSR count). The summed E-state index contributed by atoms with van der Waals surface area (Å²) in [5, 5.41) is 4.72. The summed E-state index contributed by atoms with van der Waals surface area (Å²) in [5.41, 5.74) is 4.20. The lowest BCUT2D eigenvalue weighted by Gasteiger charge is -2.22. The smallest absolute Gasteiger partial charge is 0.310 e. The van der Waals surface area contributed by atoms with Gasteiger partial charge < -0.3 is 47.9 Å². The second-order valence-corrected chi connectivity index (χ2v) is 13.9. The molecule has 1 N–H and O–H groups in total. The monoisotopic (exact) mass is 930 g/mol. The largest absolute Gasteiger partial charge is 0.487 e. The Morgan fingerprint density at radius 3 is 1.49 bits per heavy atom. The quantitative estimate of drug-likeness (QED) is 0.0360. The lowest BCUT2D eigenvalue weighted by Crippen LogP contribution is -2.24. The lowest BCUT2D eigenvalue weighted by molar-refractivity contribution is -0.156. The number of esters is 2. The minimum Gasteiger partial charge on any atom is -0.487 e. The Balaban J connectivity index is 0.000000261. The molecule has 1 amide bonds. The molecule has 2 heterocycles. The van der Waals surface area contributed by atoms with E-state index in [2.05, 4.69) is 41.8 Å². The topological polar surface area (TPSA) is 201 Å². The van der Waals surface area contributed by atoms with Crippen LogP contribution in [0.15, 0.2) is 85.5 Å². The van der Waals surface area contributed by atoms with Gasteiger partial charge in [-0.3, -0.25) is 19.3 Å². The van der Waals surface area contributed by atoms with Crippen molar-refractivity contribution in [2.24, 2.45) is 0 Å². The number of nitrogens with one attached hydrogen (secondary N) is 1. The van der Waals surface area contributed by atoms with E-state index < -0.39 is 11.9 Å². The fourth-order valence-electron chi connectivity index (χ4n) is 6.00.